The number of imidazole rings is 1. The highest BCUT2D eigenvalue weighted by atomic mass is 32.1. The van der Waals surface area contributed by atoms with E-state index < -0.39 is 0 Å². The van der Waals surface area contributed by atoms with Gasteiger partial charge >= 0.3 is 0 Å². The van der Waals surface area contributed by atoms with Gasteiger partial charge in [0.1, 0.15) is 5.69 Å². The molecule has 4 rings (SSSR count). The molecule has 0 saturated carbocycles. The van der Waals surface area contributed by atoms with E-state index in [9.17, 15) is 0 Å². The molecule has 3 heterocycles. The summed E-state index contributed by atoms with van der Waals surface area (Å²) in [5.41, 5.74) is 2.85. The topological polar surface area (TPSA) is 17.3 Å². The molecule has 3 aromatic heterocycles. The average Bonchev–Trinajstić information content (AvgIpc) is 3.22. The molecular weight excluding hydrogens is 288 g/mol. The van der Waals surface area contributed by atoms with Crippen molar-refractivity contribution >= 4 is 16.9 Å². The molecule has 0 aliphatic heterocycles. The van der Waals surface area contributed by atoms with E-state index in [1.807, 2.05) is 54.7 Å². The standard InChI is InChI=1S/C19H12N2S/c1-2-7-15(8-3-1)11-12-16-17-9-4-5-13-21(17)19(20-16)18-10-6-14-22-18/h1-10,13-14H. The maximum absolute atomic E-state index is 4.75. The van der Waals surface area contributed by atoms with Gasteiger partial charge in [-0.15, -0.1) is 11.3 Å². The first-order chi connectivity index (χ1) is 10.9. The molecule has 3 heteroatoms. The maximum Gasteiger partial charge on any atom is 0.156 e. The van der Waals surface area contributed by atoms with Crippen LogP contribution >= 0.6 is 11.3 Å². The highest BCUT2D eigenvalue weighted by molar-refractivity contribution is 7.13. The average molecular weight is 300 g/mol. The Kier molecular flexibility index (Phi) is 3.23. The van der Waals surface area contributed by atoms with Crippen molar-refractivity contribution in [3.05, 3.63) is 83.5 Å². The molecule has 4 aromatic rings. The van der Waals surface area contributed by atoms with Gasteiger partial charge in [-0.3, -0.25) is 4.40 Å². The molecule has 0 fully saturated rings. The zero-order valence-corrected chi connectivity index (χ0v) is 12.5. The number of hydrogen-bond acceptors (Lipinski definition) is 2. The first kappa shape index (κ1) is 12.9. The van der Waals surface area contributed by atoms with Crippen LogP contribution in [0, 0.1) is 11.8 Å². The van der Waals surface area contributed by atoms with Crippen molar-refractivity contribution < 1.29 is 0 Å². The molecule has 104 valence electrons. The lowest BCUT2D eigenvalue weighted by atomic mass is 10.2. The molecule has 0 amide bonds. The monoisotopic (exact) mass is 300 g/mol. The normalized spacial score (nSPS) is 10.4. The zero-order chi connectivity index (χ0) is 14.8. The second-order valence-electron chi connectivity index (χ2n) is 4.83. The zero-order valence-electron chi connectivity index (χ0n) is 11.7. The smallest absolute Gasteiger partial charge is 0.156 e. The van der Waals surface area contributed by atoms with E-state index in [0.717, 1.165) is 27.5 Å². The van der Waals surface area contributed by atoms with Crippen molar-refractivity contribution in [1.82, 2.24) is 9.38 Å². The lowest BCUT2D eigenvalue weighted by Crippen LogP contribution is -1.85. The molecule has 0 aliphatic rings. The van der Waals surface area contributed by atoms with Gasteiger partial charge in [-0.05, 0) is 41.6 Å². The van der Waals surface area contributed by atoms with Gasteiger partial charge in [0.2, 0.25) is 0 Å². The summed E-state index contributed by atoms with van der Waals surface area (Å²) in [7, 11) is 0. The largest absolute Gasteiger partial charge is 0.298 e. The molecule has 0 aliphatic carbocycles. The van der Waals surface area contributed by atoms with Gasteiger partial charge in [-0.2, -0.15) is 0 Å². The Bertz CT molecular complexity index is 971. The number of pyridine rings is 1. The minimum Gasteiger partial charge on any atom is -0.298 e. The molecule has 22 heavy (non-hydrogen) atoms. The van der Waals surface area contributed by atoms with Gasteiger partial charge in [-0.25, -0.2) is 4.98 Å². The minimum absolute atomic E-state index is 0.813. The molecule has 1 aromatic carbocycles. The molecule has 0 spiro atoms. The lowest BCUT2D eigenvalue weighted by molar-refractivity contribution is 1.17. The van der Waals surface area contributed by atoms with Crippen molar-refractivity contribution in [2.45, 2.75) is 0 Å². The molecule has 0 saturated heterocycles. The summed E-state index contributed by atoms with van der Waals surface area (Å²) < 4.78 is 2.10. The van der Waals surface area contributed by atoms with Crippen LogP contribution in [0.2, 0.25) is 0 Å². The third-order valence-corrected chi connectivity index (χ3v) is 4.25. The Morgan fingerprint density at radius 3 is 2.55 bits per heavy atom. The van der Waals surface area contributed by atoms with Gasteiger partial charge < -0.3 is 0 Å². The number of rotatable bonds is 1. The number of nitrogens with zero attached hydrogens (tertiary/aromatic N) is 2. The Morgan fingerprint density at radius 1 is 0.864 bits per heavy atom. The van der Waals surface area contributed by atoms with E-state index in [1.165, 1.54) is 0 Å². The fourth-order valence-electron chi connectivity index (χ4n) is 2.36. The number of thiophene rings is 1. The predicted octanol–water partition coefficient (Wildman–Crippen LogP) is 4.46. The maximum atomic E-state index is 4.75. The third-order valence-electron chi connectivity index (χ3n) is 3.39. The van der Waals surface area contributed by atoms with E-state index in [4.69, 9.17) is 4.98 Å². The molecule has 0 N–H and O–H groups in total. The summed E-state index contributed by atoms with van der Waals surface area (Å²) in [6.07, 6.45) is 2.03. The van der Waals surface area contributed by atoms with Gasteiger partial charge in [0.15, 0.2) is 5.82 Å². The third kappa shape index (κ3) is 2.30. The van der Waals surface area contributed by atoms with Crippen LogP contribution in [-0.4, -0.2) is 9.38 Å². The van der Waals surface area contributed by atoms with Crippen LogP contribution in [0.15, 0.2) is 72.2 Å². The fraction of sp³-hybridized carbons (Fsp3) is 0. The Morgan fingerprint density at radius 2 is 1.73 bits per heavy atom. The van der Waals surface area contributed by atoms with Gasteiger partial charge in [0, 0.05) is 11.8 Å². The molecule has 0 bridgehead atoms. The van der Waals surface area contributed by atoms with Crippen LogP contribution in [0.25, 0.3) is 16.2 Å². The van der Waals surface area contributed by atoms with E-state index in [0.29, 0.717) is 0 Å². The van der Waals surface area contributed by atoms with Crippen LogP contribution in [0.4, 0.5) is 0 Å². The first-order valence-electron chi connectivity index (χ1n) is 7.00. The summed E-state index contributed by atoms with van der Waals surface area (Å²) in [4.78, 5) is 5.89. The quantitative estimate of drug-likeness (QED) is 0.474. The van der Waals surface area contributed by atoms with Crippen molar-refractivity contribution in [3.8, 4) is 22.5 Å². The summed E-state index contributed by atoms with van der Waals surface area (Å²) >= 11 is 1.69. The fourth-order valence-corrected chi connectivity index (χ4v) is 3.07. The van der Waals surface area contributed by atoms with E-state index >= 15 is 0 Å². The summed E-state index contributed by atoms with van der Waals surface area (Å²) in [6, 6.07) is 20.2. The van der Waals surface area contributed by atoms with Crippen molar-refractivity contribution in [2.75, 3.05) is 0 Å². The Hall–Kier alpha value is -2.83. The molecular formula is C19H12N2S. The van der Waals surface area contributed by atoms with Crippen LogP contribution < -0.4 is 0 Å². The molecule has 0 unspecified atom stereocenters. The van der Waals surface area contributed by atoms with E-state index in [-0.39, 0.29) is 0 Å². The lowest BCUT2D eigenvalue weighted by Gasteiger charge is -1.96. The summed E-state index contributed by atoms with van der Waals surface area (Å²) in [5.74, 6) is 7.35. The number of hydrogen-bond donors (Lipinski definition) is 0. The second kappa shape index (κ2) is 5.51. The Labute approximate surface area is 132 Å². The van der Waals surface area contributed by atoms with Crippen LogP contribution in [0.3, 0.4) is 0 Å². The van der Waals surface area contributed by atoms with E-state index in [1.54, 1.807) is 11.3 Å². The predicted molar refractivity (Wildman–Crippen MR) is 90.9 cm³/mol. The highest BCUT2D eigenvalue weighted by Crippen LogP contribution is 2.26. The number of aromatic nitrogens is 2. The van der Waals surface area contributed by atoms with Crippen LogP contribution in [0.1, 0.15) is 11.3 Å². The van der Waals surface area contributed by atoms with Crippen LogP contribution in [0.5, 0.6) is 0 Å². The van der Waals surface area contributed by atoms with Crippen molar-refractivity contribution in [2.24, 2.45) is 0 Å². The second-order valence-corrected chi connectivity index (χ2v) is 5.78. The SMILES string of the molecule is C(#Cc1nc(-c2cccs2)n2ccccc12)c1ccccc1. The van der Waals surface area contributed by atoms with Crippen molar-refractivity contribution in [3.63, 3.8) is 0 Å². The Balaban J connectivity index is 1.87. The van der Waals surface area contributed by atoms with Crippen molar-refractivity contribution in [1.29, 1.82) is 0 Å². The molecule has 0 radical (unpaired) electrons. The summed E-state index contributed by atoms with van der Waals surface area (Å²) in [6.45, 7) is 0. The molecule has 0 atom stereocenters. The minimum atomic E-state index is 0.813. The first-order valence-corrected chi connectivity index (χ1v) is 7.88. The van der Waals surface area contributed by atoms with Gasteiger partial charge in [-0.1, -0.05) is 36.3 Å². The van der Waals surface area contributed by atoms with Crippen LogP contribution in [-0.2, 0) is 0 Å². The highest BCUT2D eigenvalue weighted by Gasteiger charge is 2.11. The van der Waals surface area contributed by atoms with E-state index in [2.05, 4.69) is 33.8 Å². The number of fused-ring (bicyclic) bond motifs is 1. The van der Waals surface area contributed by atoms with Gasteiger partial charge in [0.25, 0.3) is 0 Å². The molecule has 2 nitrogen and oxygen atoms in total. The number of benzene rings is 1. The summed E-state index contributed by atoms with van der Waals surface area (Å²) in [5, 5.41) is 2.06. The van der Waals surface area contributed by atoms with Gasteiger partial charge in [0.05, 0.1) is 10.4 Å².